The lowest BCUT2D eigenvalue weighted by atomic mass is 9.84. The molecule has 0 saturated carbocycles. The van der Waals surface area contributed by atoms with Crippen molar-refractivity contribution in [3.63, 3.8) is 0 Å². The quantitative estimate of drug-likeness (QED) is 0.374. The average molecular weight is 485 g/mol. The van der Waals surface area contributed by atoms with Gasteiger partial charge in [-0.15, -0.1) is 0 Å². The van der Waals surface area contributed by atoms with E-state index in [0.29, 0.717) is 16.9 Å². The number of hydrogen-bond acceptors (Lipinski definition) is 6. The van der Waals surface area contributed by atoms with Crippen molar-refractivity contribution in [2.45, 2.75) is 44.0 Å². The fourth-order valence-electron chi connectivity index (χ4n) is 4.92. The Balaban J connectivity index is 1.47. The Morgan fingerprint density at radius 3 is 2.44 bits per heavy atom. The zero-order valence-corrected chi connectivity index (χ0v) is 20.2. The summed E-state index contributed by atoms with van der Waals surface area (Å²) in [6.07, 6.45) is 2.09. The van der Waals surface area contributed by atoms with Crippen LogP contribution < -0.4 is 4.74 Å². The summed E-state index contributed by atoms with van der Waals surface area (Å²) in [5.41, 5.74) is 1.78. The van der Waals surface area contributed by atoms with Crippen LogP contribution in [0.15, 0.2) is 78.9 Å². The summed E-state index contributed by atoms with van der Waals surface area (Å²) >= 11 is 0. The fourth-order valence-corrected chi connectivity index (χ4v) is 4.92. The van der Waals surface area contributed by atoms with Crippen LogP contribution >= 0.6 is 0 Å². The highest BCUT2D eigenvalue weighted by Gasteiger charge is 2.49. The van der Waals surface area contributed by atoms with Gasteiger partial charge in [0.25, 0.3) is 0 Å². The monoisotopic (exact) mass is 484 g/mol. The summed E-state index contributed by atoms with van der Waals surface area (Å²) in [7, 11) is 0. The van der Waals surface area contributed by atoms with E-state index in [4.69, 9.17) is 14.2 Å². The number of benzene rings is 3. The molecule has 3 unspecified atom stereocenters. The summed E-state index contributed by atoms with van der Waals surface area (Å²) in [5, 5.41) is 10.9. The maximum absolute atomic E-state index is 13.1. The van der Waals surface area contributed by atoms with Crippen molar-refractivity contribution in [3.8, 4) is 11.5 Å². The molecule has 36 heavy (non-hydrogen) atoms. The van der Waals surface area contributed by atoms with Crippen LogP contribution in [0.4, 0.5) is 0 Å². The van der Waals surface area contributed by atoms with Crippen LogP contribution in [0.3, 0.4) is 0 Å². The van der Waals surface area contributed by atoms with Gasteiger partial charge in [-0.1, -0.05) is 60.7 Å². The first kappa shape index (κ1) is 23.8. The number of fused-ring (bicyclic) bond motifs is 1. The number of carbonyl (C=O) groups excluding carboxylic acids is 2. The molecule has 1 N–H and O–H groups in total. The van der Waals surface area contributed by atoms with Gasteiger partial charge in [0.2, 0.25) is 0 Å². The molecule has 0 amide bonds. The van der Waals surface area contributed by atoms with Gasteiger partial charge in [-0.2, -0.15) is 0 Å². The van der Waals surface area contributed by atoms with Gasteiger partial charge in [0.15, 0.2) is 5.78 Å². The molecule has 0 bridgehead atoms. The number of rotatable bonds is 5. The van der Waals surface area contributed by atoms with Crippen molar-refractivity contribution in [1.82, 2.24) is 0 Å². The number of phenolic OH excluding ortho intramolecular Hbond substituents is 1. The van der Waals surface area contributed by atoms with E-state index in [9.17, 15) is 14.7 Å². The minimum Gasteiger partial charge on any atom is -0.508 e. The first-order chi connectivity index (χ1) is 17.3. The largest absolute Gasteiger partial charge is 0.508 e. The number of hydrogen-bond donors (Lipinski definition) is 1. The van der Waals surface area contributed by atoms with E-state index >= 15 is 0 Å². The zero-order valence-electron chi connectivity index (χ0n) is 20.2. The Kier molecular flexibility index (Phi) is 6.37. The van der Waals surface area contributed by atoms with Crippen LogP contribution in [0.25, 0.3) is 6.08 Å². The predicted molar refractivity (Wildman–Crippen MR) is 135 cm³/mol. The van der Waals surface area contributed by atoms with Gasteiger partial charge >= 0.3 is 5.97 Å². The van der Waals surface area contributed by atoms with Crippen LogP contribution in [0.1, 0.15) is 59.3 Å². The molecular weight excluding hydrogens is 456 g/mol. The molecule has 3 atom stereocenters. The molecule has 2 aliphatic heterocycles. The fraction of sp³-hybridized carbons (Fsp3) is 0.267. The van der Waals surface area contributed by atoms with Crippen molar-refractivity contribution in [3.05, 3.63) is 101 Å². The highest BCUT2D eigenvalue weighted by molar-refractivity contribution is 6.01. The summed E-state index contributed by atoms with van der Waals surface area (Å²) in [6, 6.07) is 22.1. The van der Waals surface area contributed by atoms with E-state index in [0.717, 1.165) is 11.1 Å². The SMILES string of the molecule is CC1(C)OCC(c2c(O)ccc3c2OC(c2ccccc2)CC3=O)C1OC(=O)C=Cc1ccccc1. The Morgan fingerprint density at radius 1 is 1.03 bits per heavy atom. The minimum atomic E-state index is -0.812. The van der Waals surface area contributed by atoms with Crippen molar-refractivity contribution in [1.29, 1.82) is 0 Å². The molecule has 6 nitrogen and oxygen atoms in total. The van der Waals surface area contributed by atoms with Gasteiger partial charge in [-0.3, -0.25) is 4.79 Å². The van der Waals surface area contributed by atoms with Gasteiger partial charge < -0.3 is 19.3 Å². The molecule has 0 aliphatic carbocycles. The molecule has 3 aromatic rings. The first-order valence-corrected chi connectivity index (χ1v) is 12.0. The van der Waals surface area contributed by atoms with Gasteiger partial charge in [0.05, 0.1) is 24.5 Å². The summed E-state index contributed by atoms with van der Waals surface area (Å²) in [6.45, 7) is 3.89. The van der Waals surface area contributed by atoms with E-state index in [-0.39, 0.29) is 24.6 Å². The Labute approximate surface area is 210 Å². The third kappa shape index (κ3) is 4.64. The van der Waals surface area contributed by atoms with E-state index in [1.165, 1.54) is 12.1 Å². The standard InChI is InChI=1S/C30H28O6/c1-30(2)29(36-26(33)16-13-19-9-5-3-6-10-19)22(18-34-30)27-23(31)15-14-21-24(32)17-25(35-28(21)27)20-11-7-4-8-12-20/h3-16,22,25,29,31H,17-18H2,1-2H3. The van der Waals surface area contributed by atoms with E-state index in [1.807, 2.05) is 74.5 Å². The Bertz CT molecular complexity index is 1300. The molecule has 2 aliphatic rings. The van der Waals surface area contributed by atoms with Gasteiger partial charge in [0.1, 0.15) is 29.3 Å². The third-order valence-electron chi connectivity index (χ3n) is 6.79. The maximum atomic E-state index is 13.1. The van der Waals surface area contributed by atoms with E-state index in [2.05, 4.69) is 0 Å². The molecule has 1 saturated heterocycles. The molecule has 5 rings (SSSR count). The number of Topliss-reactive ketones (excluding diaryl/α,β-unsaturated/α-hetero) is 1. The van der Waals surface area contributed by atoms with E-state index in [1.54, 1.807) is 12.1 Å². The lowest BCUT2D eigenvalue weighted by Gasteiger charge is -2.32. The molecule has 2 heterocycles. The molecule has 1 fully saturated rings. The molecule has 6 heteroatoms. The highest BCUT2D eigenvalue weighted by Crippen LogP contribution is 2.49. The lowest BCUT2D eigenvalue weighted by molar-refractivity contribution is -0.151. The number of esters is 1. The van der Waals surface area contributed by atoms with Crippen molar-refractivity contribution < 1.29 is 28.9 Å². The van der Waals surface area contributed by atoms with Crippen molar-refractivity contribution in [2.24, 2.45) is 0 Å². The number of aromatic hydroxyl groups is 1. The smallest absolute Gasteiger partial charge is 0.331 e. The topological polar surface area (TPSA) is 82.1 Å². The molecular formula is C30H28O6. The Morgan fingerprint density at radius 2 is 1.72 bits per heavy atom. The second-order valence-electron chi connectivity index (χ2n) is 9.64. The Hall–Kier alpha value is -3.90. The lowest BCUT2D eigenvalue weighted by Crippen LogP contribution is -2.38. The second-order valence-corrected chi connectivity index (χ2v) is 9.64. The summed E-state index contributed by atoms with van der Waals surface area (Å²) in [5.74, 6) is -0.805. The molecule has 0 radical (unpaired) electrons. The van der Waals surface area contributed by atoms with Crippen LogP contribution in [0.5, 0.6) is 11.5 Å². The zero-order chi connectivity index (χ0) is 25.3. The maximum Gasteiger partial charge on any atom is 0.331 e. The summed E-state index contributed by atoms with van der Waals surface area (Å²) < 4.78 is 18.3. The number of phenols is 1. The highest BCUT2D eigenvalue weighted by atomic mass is 16.6. The normalized spacial score (nSPS) is 22.7. The van der Waals surface area contributed by atoms with Gasteiger partial charge in [-0.05, 0) is 43.2 Å². The number of carbonyl (C=O) groups is 2. The van der Waals surface area contributed by atoms with Crippen LogP contribution in [-0.4, -0.2) is 35.2 Å². The van der Waals surface area contributed by atoms with E-state index < -0.39 is 29.7 Å². The number of ether oxygens (including phenoxy) is 3. The van der Waals surface area contributed by atoms with Crippen LogP contribution in [0.2, 0.25) is 0 Å². The van der Waals surface area contributed by atoms with Gasteiger partial charge in [0, 0.05) is 11.6 Å². The second kappa shape index (κ2) is 9.63. The molecule has 3 aromatic carbocycles. The van der Waals surface area contributed by atoms with Crippen LogP contribution in [0, 0.1) is 0 Å². The third-order valence-corrected chi connectivity index (χ3v) is 6.79. The van der Waals surface area contributed by atoms with Gasteiger partial charge in [-0.25, -0.2) is 4.79 Å². The molecule has 184 valence electrons. The van der Waals surface area contributed by atoms with Crippen molar-refractivity contribution in [2.75, 3.05) is 6.61 Å². The molecule has 0 spiro atoms. The average Bonchev–Trinajstić information content (AvgIpc) is 3.17. The van der Waals surface area contributed by atoms with Crippen molar-refractivity contribution >= 4 is 17.8 Å². The predicted octanol–water partition coefficient (Wildman–Crippen LogP) is 5.62. The number of ketones is 1. The molecule has 0 aromatic heterocycles. The minimum absolute atomic E-state index is 0.0255. The summed E-state index contributed by atoms with van der Waals surface area (Å²) in [4.78, 5) is 25.9. The first-order valence-electron chi connectivity index (χ1n) is 12.0. The van der Waals surface area contributed by atoms with Crippen LogP contribution in [-0.2, 0) is 14.3 Å².